The Morgan fingerprint density at radius 1 is 1.28 bits per heavy atom. The highest BCUT2D eigenvalue weighted by molar-refractivity contribution is 7.99. The number of nitrogens with zero attached hydrogens (tertiary/aromatic N) is 3. The highest BCUT2D eigenvalue weighted by atomic mass is 35.5. The molecule has 0 spiro atoms. The van der Waals surface area contributed by atoms with Gasteiger partial charge < -0.3 is 16.4 Å². The first-order valence-electron chi connectivity index (χ1n) is 8.21. The zero-order valence-electron chi connectivity index (χ0n) is 14.3. The van der Waals surface area contributed by atoms with Gasteiger partial charge >= 0.3 is 0 Å². The summed E-state index contributed by atoms with van der Waals surface area (Å²) in [5, 5.41) is 0.419. The number of rotatable bonds is 3. The van der Waals surface area contributed by atoms with Crippen molar-refractivity contribution < 1.29 is 0 Å². The Morgan fingerprint density at radius 2 is 1.96 bits per heavy atom. The van der Waals surface area contributed by atoms with Gasteiger partial charge in [0.2, 0.25) is 5.95 Å². The third kappa shape index (κ3) is 3.57. The van der Waals surface area contributed by atoms with Gasteiger partial charge in [0.1, 0.15) is 10.7 Å². The molecule has 25 heavy (non-hydrogen) atoms. The van der Waals surface area contributed by atoms with Gasteiger partial charge in [0, 0.05) is 25.0 Å². The van der Waals surface area contributed by atoms with Crippen LogP contribution in [0.1, 0.15) is 19.8 Å². The maximum absolute atomic E-state index is 12.8. The number of nitrogens with two attached hydrogens (primary N) is 2. The molecule has 0 radical (unpaired) electrons. The summed E-state index contributed by atoms with van der Waals surface area (Å²) in [6.45, 7) is 4.01. The van der Waals surface area contributed by atoms with Gasteiger partial charge in [0.05, 0.1) is 10.7 Å². The largest absolute Gasteiger partial charge is 0.397 e. The first-order valence-corrected chi connectivity index (χ1v) is 9.41. The van der Waals surface area contributed by atoms with E-state index < -0.39 is 0 Å². The van der Waals surface area contributed by atoms with Crippen molar-refractivity contribution in [3.63, 3.8) is 0 Å². The molecule has 1 aromatic carbocycles. The number of anilines is 3. The van der Waals surface area contributed by atoms with Crippen molar-refractivity contribution in [3.05, 3.63) is 33.6 Å². The lowest BCUT2D eigenvalue weighted by molar-refractivity contribution is 0.430. The van der Waals surface area contributed by atoms with E-state index >= 15 is 0 Å². The molecule has 0 unspecified atom stereocenters. The molecule has 0 atom stereocenters. The van der Waals surface area contributed by atoms with Crippen LogP contribution in [0.5, 0.6) is 0 Å². The van der Waals surface area contributed by atoms with Crippen LogP contribution in [0, 0.1) is 5.92 Å². The smallest absolute Gasteiger partial charge is 0.270 e. The van der Waals surface area contributed by atoms with E-state index in [1.165, 1.54) is 11.8 Å². The van der Waals surface area contributed by atoms with Gasteiger partial charge in [0.25, 0.3) is 5.56 Å². The van der Waals surface area contributed by atoms with E-state index in [1.54, 1.807) is 23.7 Å². The summed E-state index contributed by atoms with van der Waals surface area (Å²) < 4.78 is 1.56. The zero-order valence-corrected chi connectivity index (χ0v) is 15.9. The van der Waals surface area contributed by atoms with Crippen molar-refractivity contribution in [3.8, 4) is 0 Å². The predicted octanol–water partition coefficient (Wildman–Crippen LogP) is 2.99. The van der Waals surface area contributed by atoms with Gasteiger partial charge in [-0.1, -0.05) is 36.4 Å². The summed E-state index contributed by atoms with van der Waals surface area (Å²) in [6, 6.07) is 5.32. The molecule has 8 heteroatoms. The van der Waals surface area contributed by atoms with E-state index in [2.05, 4.69) is 16.8 Å². The molecular formula is C17H22ClN5OS. The van der Waals surface area contributed by atoms with E-state index in [0.717, 1.165) is 25.9 Å². The normalized spacial score (nSPS) is 15.6. The molecule has 0 amide bonds. The molecular weight excluding hydrogens is 358 g/mol. The summed E-state index contributed by atoms with van der Waals surface area (Å²) in [5.74, 6) is 1.55. The minimum absolute atomic E-state index is 0.176. The summed E-state index contributed by atoms with van der Waals surface area (Å²) in [6.07, 6.45) is 2.18. The maximum Gasteiger partial charge on any atom is 0.270 e. The lowest BCUT2D eigenvalue weighted by Crippen LogP contribution is -2.38. The topological polar surface area (TPSA) is 90.2 Å². The standard InChI is InChI=1S/C17H22ClN5OS/c1-10-6-8-23(9-7-10)17-21-15(20)14(16(24)22(17)2)25-12-5-3-4-11(19)13(12)18/h3-5,10H,6-9,19-20H2,1-2H3. The van der Waals surface area contributed by atoms with Crippen LogP contribution in [0.4, 0.5) is 17.5 Å². The van der Waals surface area contributed by atoms with Gasteiger partial charge in [0.15, 0.2) is 0 Å². The lowest BCUT2D eigenvalue weighted by Gasteiger charge is -2.32. The van der Waals surface area contributed by atoms with E-state index in [9.17, 15) is 4.79 Å². The Balaban J connectivity index is 1.96. The fraction of sp³-hybridized carbons (Fsp3) is 0.412. The predicted molar refractivity (Wildman–Crippen MR) is 104 cm³/mol. The second kappa shape index (κ2) is 7.17. The zero-order chi connectivity index (χ0) is 18.1. The Hall–Kier alpha value is -1.86. The molecule has 2 aromatic rings. The first kappa shape index (κ1) is 17.9. The molecule has 1 aliphatic heterocycles. The summed E-state index contributed by atoms with van der Waals surface area (Å²) in [7, 11) is 1.73. The minimum Gasteiger partial charge on any atom is -0.397 e. The molecule has 1 aromatic heterocycles. The number of nitrogen functional groups attached to an aromatic ring is 2. The summed E-state index contributed by atoms with van der Waals surface area (Å²) in [4.78, 5) is 20.5. The molecule has 1 saturated heterocycles. The van der Waals surface area contributed by atoms with E-state index in [-0.39, 0.29) is 11.4 Å². The lowest BCUT2D eigenvalue weighted by atomic mass is 10.00. The minimum atomic E-state index is -0.176. The molecule has 0 saturated carbocycles. The molecule has 134 valence electrons. The Morgan fingerprint density at radius 3 is 2.64 bits per heavy atom. The van der Waals surface area contributed by atoms with Crippen molar-refractivity contribution in [2.75, 3.05) is 29.5 Å². The van der Waals surface area contributed by atoms with E-state index in [4.69, 9.17) is 23.1 Å². The average Bonchev–Trinajstić information content (AvgIpc) is 2.59. The van der Waals surface area contributed by atoms with E-state index in [1.807, 2.05) is 6.07 Å². The van der Waals surface area contributed by atoms with Crippen LogP contribution in [0.25, 0.3) is 0 Å². The molecule has 1 aliphatic rings. The van der Waals surface area contributed by atoms with Crippen LogP contribution in [0.3, 0.4) is 0 Å². The highest BCUT2D eigenvalue weighted by Crippen LogP contribution is 2.37. The fourth-order valence-electron chi connectivity index (χ4n) is 2.89. The van der Waals surface area contributed by atoms with Crippen LogP contribution < -0.4 is 21.9 Å². The Bertz CT molecular complexity index is 846. The van der Waals surface area contributed by atoms with Crippen molar-refractivity contribution >= 4 is 40.8 Å². The maximum atomic E-state index is 12.8. The molecule has 0 aliphatic carbocycles. The molecule has 1 fully saturated rings. The van der Waals surface area contributed by atoms with Gasteiger partial charge in [-0.25, -0.2) is 0 Å². The van der Waals surface area contributed by atoms with Crippen LogP contribution in [0.15, 0.2) is 32.8 Å². The monoisotopic (exact) mass is 379 g/mol. The van der Waals surface area contributed by atoms with Crippen LogP contribution in [0.2, 0.25) is 5.02 Å². The van der Waals surface area contributed by atoms with Crippen molar-refractivity contribution in [1.29, 1.82) is 0 Å². The van der Waals surface area contributed by atoms with Gasteiger partial charge in [-0.15, -0.1) is 0 Å². The van der Waals surface area contributed by atoms with Crippen LogP contribution in [-0.4, -0.2) is 22.6 Å². The third-order valence-corrected chi connectivity index (χ3v) is 6.21. The van der Waals surface area contributed by atoms with E-state index in [0.29, 0.717) is 32.4 Å². The van der Waals surface area contributed by atoms with Gasteiger partial charge in [-0.3, -0.25) is 9.36 Å². The number of aromatic nitrogens is 2. The van der Waals surface area contributed by atoms with Crippen LogP contribution >= 0.6 is 23.4 Å². The Kier molecular flexibility index (Phi) is 5.15. The third-order valence-electron chi connectivity index (χ3n) is 4.52. The summed E-state index contributed by atoms with van der Waals surface area (Å²) in [5.41, 5.74) is 12.2. The number of piperidine rings is 1. The second-order valence-electron chi connectivity index (χ2n) is 6.42. The van der Waals surface area contributed by atoms with Crippen molar-refractivity contribution in [2.45, 2.75) is 29.6 Å². The highest BCUT2D eigenvalue weighted by Gasteiger charge is 2.22. The number of halogens is 1. The molecule has 4 N–H and O–H groups in total. The molecule has 2 heterocycles. The molecule has 6 nitrogen and oxygen atoms in total. The SMILES string of the molecule is CC1CCN(c2nc(N)c(Sc3cccc(N)c3Cl)c(=O)n2C)CC1. The van der Waals surface area contributed by atoms with Crippen LogP contribution in [-0.2, 0) is 7.05 Å². The molecule has 0 bridgehead atoms. The molecule has 3 rings (SSSR count). The quantitative estimate of drug-likeness (QED) is 0.797. The first-order chi connectivity index (χ1) is 11.9. The second-order valence-corrected chi connectivity index (χ2v) is 7.85. The van der Waals surface area contributed by atoms with Gasteiger partial charge in [-0.05, 0) is 30.9 Å². The number of hydrogen-bond acceptors (Lipinski definition) is 6. The average molecular weight is 380 g/mol. The van der Waals surface area contributed by atoms with Gasteiger partial charge in [-0.2, -0.15) is 4.98 Å². The summed E-state index contributed by atoms with van der Waals surface area (Å²) >= 11 is 7.43. The Labute approximate surface area is 156 Å². The van der Waals surface area contributed by atoms with Crippen molar-refractivity contribution in [2.24, 2.45) is 13.0 Å². The fourth-order valence-corrected chi connectivity index (χ4v) is 4.08. The number of benzene rings is 1. The number of hydrogen-bond donors (Lipinski definition) is 2. The van der Waals surface area contributed by atoms with Crippen molar-refractivity contribution in [1.82, 2.24) is 9.55 Å².